The summed E-state index contributed by atoms with van der Waals surface area (Å²) in [6.07, 6.45) is 2.38. The third kappa shape index (κ3) is 7.84. The van der Waals surface area contributed by atoms with Gasteiger partial charge in [0.2, 0.25) is 0 Å². The molecule has 0 aliphatic rings. The zero-order valence-electron chi connectivity index (χ0n) is 21.4. The monoisotopic (exact) mass is 566 g/mol. The van der Waals surface area contributed by atoms with E-state index in [9.17, 15) is 0 Å². The molecule has 0 unspecified atom stereocenters. The van der Waals surface area contributed by atoms with E-state index in [1.54, 1.807) is 0 Å². The largest absolute Gasteiger partial charge is 0.126 e. The number of hydrogen-bond acceptors (Lipinski definition) is 2. The van der Waals surface area contributed by atoms with Crippen molar-refractivity contribution in [2.75, 3.05) is 23.8 Å². The van der Waals surface area contributed by atoms with E-state index < -0.39 is 0 Å². The van der Waals surface area contributed by atoms with E-state index in [0.29, 0.717) is 0 Å². The van der Waals surface area contributed by atoms with Gasteiger partial charge in [0, 0.05) is 21.3 Å². The second kappa shape index (κ2) is 14.7. The smallest absolute Gasteiger partial charge is 0.00728 e. The van der Waals surface area contributed by atoms with Gasteiger partial charge in [0.15, 0.2) is 0 Å². The van der Waals surface area contributed by atoms with Crippen molar-refractivity contribution in [3.8, 4) is 0 Å². The summed E-state index contributed by atoms with van der Waals surface area (Å²) in [5, 5.41) is 5.86. The summed E-state index contributed by atoms with van der Waals surface area (Å²) in [6.45, 7) is 0. The number of thioether (sulfide) groups is 2. The first kappa shape index (κ1) is 27.2. The lowest BCUT2D eigenvalue weighted by molar-refractivity contribution is 1.34. The second-order valence-corrected chi connectivity index (χ2v) is 15.8. The van der Waals surface area contributed by atoms with Gasteiger partial charge in [-0.25, -0.2) is 0 Å². The minimum atomic E-state index is -0.330. The standard InChI is InChI=1S/C34H32P2S2/c1-5-13-29(14-6-1)35(30-15-7-2-8-16-30)25-27-37-33-21-23-34(24-22-33)38-28-26-36(31-17-9-3-10-18-31)32-19-11-4-12-20-32/h1-24H,25-28H2. The first-order valence-electron chi connectivity index (χ1n) is 13.0. The van der Waals surface area contributed by atoms with E-state index >= 15 is 0 Å². The molecule has 0 bridgehead atoms. The van der Waals surface area contributed by atoms with Gasteiger partial charge >= 0.3 is 0 Å². The Hall–Kier alpha value is -2.34. The molecule has 0 aromatic heterocycles. The Morgan fingerprint density at radius 3 is 0.868 bits per heavy atom. The molecule has 0 amide bonds. The van der Waals surface area contributed by atoms with Crippen LogP contribution in [0.5, 0.6) is 0 Å². The van der Waals surface area contributed by atoms with Gasteiger partial charge in [-0.3, -0.25) is 0 Å². The fourth-order valence-electron chi connectivity index (χ4n) is 4.39. The molecule has 0 aliphatic heterocycles. The molecule has 0 aliphatic carbocycles. The first-order valence-corrected chi connectivity index (χ1v) is 18.0. The SMILES string of the molecule is c1ccc(P(CCSc2ccc(SCCP(c3ccccc3)c3ccccc3)cc2)c2ccccc2)cc1. The maximum absolute atomic E-state index is 2.30. The highest BCUT2D eigenvalue weighted by molar-refractivity contribution is 8.00. The minimum Gasteiger partial charge on any atom is -0.126 e. The minimum absolute atomic E-state index is 0.330. The van der Waals surface area contributed by atoms with Gasteiger partial charge in [0.05, 0.1) is 0 Å². The second-order valence-electron chi connectivity index (χ2n) is 8.81. The van der Waals surface area contributed by atoms with E-state index in [4.69, 9.17) is 0 Å². The molecule has 0 heterocycles. The molecule has 190 valence electrons. The average Bonchev–Trinajstić information content (AvgIpc) is 3.00. The van der Waals surface area contributed by atoms with Gasteiger partial charge in [0.25, 0.3) is 0 Å². The average molecular weight is 567 g/mol. The van der Waals surface area contributed by atoms with Crippen molar-refractivity contribution in [3.63, 3.8) is 0 Å². The van der Waals surface area contributed by atoms with E-state index in [0.717, 1.165) is 11.5 Å². The van der Waals surface area contributed by atoms with E-state index in [1.807, 2.05) is 23.5 Å². The summed E-state index contributed by atoms with van der Waals surface area (Å²) in [5.41, 5.74) is 0. The fourth-order valence-corrected chi connectivity index (χ4v) is 11.5. The number of benzene rings is 5. The van der Waals surface area contributed by atoms with Gasteiger partial charge < -0.3 is 0 Å². The van der Waals surface area contributed by atoms with E-state index in [2.05, 4.69) is 146 Å². The molecule has 5 rings (SSSR count). The Morgan fingerprint density at radius 2 is 0.605 bits per heavy atom. The molecule has 5 aromatic rings. The Bertz CT molecular complexity index is 1160. The lowest BCUT2D eigenvalue weighted by Gasteiger charge is -2.19. The van der Waals surface area contributed by atoms with Crippen LogP contribution >= 0.6 is 39.4 Å². The summed E-state index contributed by atoms with van der Waals surface area (Å²) in [5.74, 6) is 2.25. The van der Waals surface area contributed by atoms with Crippen molar-refractivity contribution in [2.24, 2.45) is 0 Å². The molecule has 0 N–H and O–H groups in total. The van der Waals surface area contributed by atoms with Crippen molar-refractivity contribution in [2.45, 2.75) is 9.79 Å². The molecular formula is C34H32P2S2. The highest BCUT2D eigenvalue weighted by Crippen LogP contribution is 2.37. The van der Waals surface area contributed by atoms with Crippen LogP contribution < -0.4 is 21.2 Å². The summed E-state index contributed by atoms with van der Waals surface area (Å²) in [4.78, 5) is 2.72. The van der Waals surface area contributed by atoms with E-state index in [1.165, 1.54) is 43.3 Å². The number of rotatable bonds is 12. The summed E-state index contributed by atoms with van der Waals surface area (Å²) in [6, 6.07) is 53.3. The highest BCUT2D eigenvalue weighted by Gasteiger charge is 2.14. The Balaban J connectivity index is 1.15. The van der Waals surface area contributed by atoms with Crippen LogP contribution in [0.4, 0.5) is 0 Å². The zero-order valence-corrected chi connectivity index (χ0v) is 24.8. The molecule has 38 heavy (non-hydrogen) atoms. The highest BCUT2D eigenvalue weighted by atomic mass is 32.2. The van der Waals surface area contributed by atoms with Crippen LogP contribution in [-0.4, -0.2) is 23.8 Å². The molecular weight excluding hydrogens is 534 g/mol. The molecule has 0 saturated carbocycles. The summed E-state index contributed by atoms with van der Waals surface area (Å²) < 4.78 is 0. The van der Waals surface area contributed by atoms with Gasteiger partial charge in [0.1, 0.15) is 0 Å². The lowest BCUT2D eigenvalue weighted by atomic mass is 10.4. The number of hydrogen-bond donors (Lipinski definition) is 0. The quantitative estimate of drug-likeness (QED) is 0.110. The van der Waals surface area contributed by atoms with Crippen LogP contribution in [-0.2, 0) is 0 Å². The topological polar surface area (TPSA) is 0 Å². The first-order chi connectivity index (χ1) is 18.9. The lowest BCUT2D eigenvalue weighted by Crippen LogP contribution is -2.14. The van der Waals surface area contributed by atoms with Crippen molar-refractivity contribution >= 4 is 60.6 Å². The molecule has 0 atom stereocenters. The third-order valence-electron chi connectivity index (χ3n) is 6.26. The third-order valence-corrected chi connectivity index (χ3v) is 13.9. The van der Waals surface area contributed by atoms with Crippen LogP contribution in [0.3, 0.4) is 0 Å². The molecule has 0 spiro atoms. The fraction of sp³-hybridized carbons (Fsp3) is 0.118. The molecule has 5 aromatic carbocycles. The zero-order chi connectivity index (χ0) is 25.8. The molecule has 0 radical (unpaired) electrons. The van der Waals surface area contributed by atoms with Gasteiger partial charge in [-0.05, 0) is 73.7 Å². The van der Waals surface area contributed by atoms with Gasteiger partial charge in [-0.2, -0.15) is 0 Å². The molecule has 0 fully saturated rings. The van der Waals surface area contributed by atoms with Crippen LogP contribution in [0, 0.1) is 0 Å². The summed E-state index contributed by atoms with van der Waals surface area (Å²) >= 11 is 3.96. The van der Waals surface area contributed by atoms with Gasteiger partial charge in [-0.1, -0.05) is 121 Å². The van der Waals surface area contributed by atoms with Crippen LogP contribution in [0.2, 0.25) is 0 Å². The van der Waals surface area contributed by atoms with E-state index in [-0.39, 0.29) is 15.8 Å². The van der Waals surface area contributed by atoms with Crippen molar-refractivity contribution < 1.29 is 0 Å². The van der Waals surface area contributed by atoms with Crippen LogP contribution in [0.25, 0.3) is 0 Å². The van der Waals surface area contributed by atoms with Crippen molar-refractivity contribution in [3.05, 3.63) is 146 Å². The molecule has 0 saturated heterocycles. The normalized spacial score (nSPS) is 11.2. The maximum atomic E-state index is 2.30. The Kier molecular flexibility index (Phi) is 10.5. The predicted octanol–water partition coefficient (Wildman–Crippen LogP) is 8.14. The predicted molar refractivity (Wildman–Crippen MR) is 176 cm³/mol. The maximum Gasteiger partial charge on any atom is 0.00728 e. The van der Waals surface area contributed by atoms with Crippen molar-refractivity contribution in [1.82, 2.24) is 0 Å². The van der Waals surface area contributed by atoms with Crippen LogP contribution in [0.1, 0.15) is 0 Å². The van der Waals surface area contributed by atoms with Crippen LogP contribution in [0.15, 0.2) is 155 Å². The molecule has 4 heteroatoms. The summed E-state index contributed by atoms with van der Waals surface area (Å²) in [7, 11) is -0.659. The van der Waals surface area contributed by atoms with Crippen molar-refractivity contribution in [1.29, 1.82) is 0 Å². The molecule has 0 nitrogen and oxygen atoms in total. The Labute approximate surface area is 238 Å². The Morgan fingerprint density at radius 1 is 0.342 bits per heavy atom. The van der Waals surface area contributed by atoms with Gasteiger partial charge in [-0.15, -0.1) is 23.5 Å².